The molecule has 0 aliphatic rings. The Morgan fingerprint density at radius 3 is 2.26 bits per heavy atom. The molecule has 0 saturated heterocycles. The lowest BCUT2D eigenvalue weighted by Crippen LogP contribution is -2.33. The summed E-state index contributed by atoms with van der Waals surface area (Å²) in [6, 6.07) is 7.36. The Kier molecular flexibility index (Phi) is 6.55. The Balaban J connectivity index is 2.60. The van der Waals surface area contributed by atoms with Gasteiger partial charge in [-0.3, -0.25) is 0 Å². The number of hydrogen-bond donors (Lipinski definition) is 0. The molecule has 126 valence electrons. The Morgan fingerprint density at radius 2 is 1.78 bits per heavy atom. The molecule has 0 heterocycles. The van der Waals surface area contributed by atoms with Gasteiger partial charge in [0.15, 0.2) is 0 Å². The van der Waals surface area contributed by atoms with Gasteiger partial charge in [0.05, 0.1) is 5.56 Å². The highest BCUT2D eigenvalue weighted by Gasteiger charge is 2.27. The van der Waals surface area contributed by atoms with Gasteiger partial charge in [-0.15, -0.1) is 0 Å². The van der Waals surface area contributed by atoms with Gasteiger partial charge < -0.3 is 9.47 Å². The first-order valence-electron chi connectivity index (χ1n) is 7.83. The summed E-state index contributed by atoms with van der Waals surface area (Å²) < 4.78 is 10.8. The number of ether oxygens (including phenoxy) is 2. The average molecular weight is 318 g/mol. The van der Waals surface area contributed by atoms with E-state index in [4.69, 9.17) is 9.47 Å². The molecule has 0 radical (unpaired) electrons. The summed E-state index contributed by atoms with van der Waals surface area (Å²) in [6.45, 7) is 12.6. The van der Waals surface area contributed by atoms with Gasteiger partial charge in [-0.05, 0) is 51.8 Å². The zero-order valence-corrected chi connectivity index (χ0v) is 14.6. The van der Waals surface area contributed by atoms with Crippen molar-refractivity contribution < 1.29 is 19.1 Å². The third-order valence-corrected chi connectivity index (χ3v) is 3.40. The molecular weight excluding hydrogens is 292 g/mol. The summed E-state index contributed by atoms with van der Waals surface area (Å²) in [6.07, 6.45) is 0.958. The normalized spacial score (nSPS) is 12.4. The SMILES string of the molecule is C=C(C)C(=O)OC(C)(C)CC(C)OC(=O)c1ccc(CC)cc1. The first-order valence-corrected chi connectivity index (χ1v) is 7.83. The summed E-state index contributed by atoms with van der Waals surface area (Å²) in [5, 5.41) is 0. The summed E-state index contributed by atoms with van der Waals surface area (Å²) in [5.74, 6) is -0.814. The fraction of sp³-hybridized carbons (Fsp3) is 0.474. The number of carbonyl (C=O) groups is 2. The van der Waals surface area contributed by atoms with Gasteiger partial charge in [0.2, 0.25) is 0 Å². The van der Waals surface area contributed by atoms with Crippen molar-refractivity contribution in [1.82, 2.24) is 0 Å². The molecule has 1 rings (SSSR count). The largest absolute Gasteiger partial charge is 0.459 e. The average Bonchev–Trinajstić information content (AvgIpc) is 2.45. The molecule has 0 aromatic heterocycles. The van der Waals surface area contributed by atoms with Gasteiger partial charge in [-0.25, -0.2) is 9.59 Å². The molecule has 4 heteroatoms. The second-order valence-electron chi connectivity index (χ2n) is 6.40. The second kappa shape index (κ2) is 7.95. The minimum Gasteiger partial charge on any atom is -0.459 e. The van der Waals surface area contributed by atoms with Crippen molar-refractivity contribution >= 4 is 11.9 Å². The van der Waals surface area contributed by atoms with Crippen molar-refractivity contribution in [2.45, 2.75) is 59.2 Å². The van der Waals surface area contributed by atoms with Crippen LogP contribution in [0.4, 0.5) is 0 Å². The molecular formula is C19H26O4. The van der Waals surface area contributed by atoms with E-state index in [0.29, 0.717) is 17.6 Å². The molecule has 0 N–H and O–H groups in total. The second-order valence-corrected chi connectivity index (χ2v) is 6.40. The highest BCUT2D eigenvalue weighted by Crippen LogP contribution is 2.21. The van der Waals surface area contributed by atoms with Crippen molar-refractivity contribution in [2.75, 3.05) is 0 Å². The van der Waals surface area contributed by atoms with Crippen LogP contribution in [0.2, 0.25) is 0 Å². The van der Waals surface area contributed by atoms with Crippen LogP contribution in [0.3, 0.4) is 0 Å². The lowest BCUT2D eigenvalue weighted by molar-refractivity contribution is -0.153. The zero-order chi connectivity index (χ0) is 17.6. The van der Waals surface area contributed by atoms with Crippen molar-refractivity contribution in [3.05, 3.63) is 47.5 Å². The van der Waals surface area contributed by atoms with Crippen LogP contribution in [0.15, 0.2) is 36.4 Å². The molecule has 1 atom stereocenters. The number of rotatable bonds is 7. The van der Waals surface area contributed by atoms with Crippen LogP contribution in [0.1, 0.15) is 57.0 Å². The highest BCUT2D eigenvalue weighted by atomic mass is 16.6. The fourth-order valence-electron chi connectivity index (χ4n) is 2.24. The third kappa shape index (κ3) is 6.27. The van der Waals surface area contributed by atoms with E-state index < -0.39 is 11.6 Å². The Bertz CT molecular complexity index is 570. The molecule has 0 amide bonds. The van der Waals surface area contributed by atoms with E-state index in [9.17, 15) is 9.59 Å². The summed E-state index contributed by atoms with van der Waals surface area (Å²) in [7, 11) is 0. The Morgan fingerprint density at radius 1 is 1.22 bits per heavy atom. The quantitative estimate of drug-likeness (QED) is 0.561. The number of benzene rings is 1. The lowest BCUT2D eigenvalue weighted by Gasteiger charge is -2.28. The van der Waals surface area contributed by atoms with Gasteiger partial charge in [0.1, 0.15) is 11.7 Å². The predicted octanol–water partition coefficient (Wildman–Crippen LogP) is 4.08. The van der Waals surface area contributed by atoms with Gasteiger partial charge in [-0.1, -0.05) is 25.6 Å². The maximum Gasteiger partial charge on any atom is 0.338 e. The zero-order valence-electron chi connectivity index (χ0n) is 14.6. The van der Waals surface area contributed by atoms with Crippen LogP contribution in [0, 0.1) is 0 Å². The molecule has 4 nitrogen and oxygen atoms in total. The number of esters is 2. The topological polar surface area (TPSA) is 52.6 Å². The fourth-order valence-corrected chi connectivity index (χ4v) is 2.24. The molecule has 0 spiro atoms. The van der Waals surface area contributed by atoms with E-state index in [2.05, 4.69) is 13.5 Å². The van der Waals surface area contributed by atoms with Gasteiger partial charge in [-0.2, -0.15) is 0 Å². The van der Waals surface area contributed by atoms with Crippen molar-refractivity contribution in [3.8, 4) is 0 Å². The van der Waals surface area contributed by atoms with Crippen LogP contribution < -0.4 is 0 Å². The molecule has 0 saturated carbocycles. The number of aryl methyl sites for hydroxylation is 1. The van der Waals surface area contributed by atoms with Crippen LogP contribution in [-0.2, 0) is 20.7 Å². The van der Waals surface area contributed by atoms with Crippen LogP contribution in [0.25, 0.3) is 0 Å². The van der Waals surface area contributed by atoms with E-state index in [-0.39, 0.29) is 12.1 Å². The van der Waals surface area contributed by atoms with Crippen molar-refractivity contribution in [2.24, 2.45) is 0 Å². The summed E-state index contributed by atoms with van der Waals surface area (Å²) in [4.78, 5) is 23.7. The molecule has 23 heavy (non-hydrogen) atoms. The molecule has 1 aromatic carbocycles. The summed E-state index contributed by atoms with van der Waals surface area (Å²) >= 11 is 0. The van der Waals surface area contributed by atoms with Crippen LogP contribution in [-0.4, -0.2) is 23.6 Å². The molecule has 0 aliphatic carbocycles. The number of carbonyl (C=O) groups excluding carboxylic acids is 2. The van der Waals surface area contributed by atoms with Crippen LogP contribution >= 0.6 is 0 Å². The number of hydrogen-bond acceptors (Lipinski definition) is 4. The Hall–Kier alpha value is -2.10. The lowest BCUT2D eigenvalue weighted by atomic mass is 10.0. The highest BCUT2D eigenvalue weighted by molar-refractivity contribution is 5.89. The van der Waals surface area contributed by atoms with Gasteiger partial charge >= 0.3 is 11.9 Å². The maximum atomic E-state index is 12.1. The van der Waals surface area contributed by atoms with Gasteiger partial charge in [0.25, 0.3) is 0 Å². The van der Waals surface area contributed by atoms with Crippen molar-refractivity contribution in [1.29, 1.82) is 0 Å². The maximum absolute atomic E-state index is 12.1. The minimum atomic E-state index is -0.734. The predicted molar refractivity (Wildman–Crippen MR) is 90.3 cm³/mol. The molecule has 1 aromatic rings. The van der Waals surface area contributed by atoms with Crippen molar-refractivity contribution in [3.63, 3.8) is 0 Å². The van der Waals surface area contributed by atoms with E-state index >= 15 is 0 Å². The smallest absolute Gasteiger partial charge is 0.338 e. The molecule has 1 unspecified atom stereocenters. The summed E-state index contributed by atoms with van der Waals surface area (Å²) in [5.41, 5.74) is 1.30. The van der Waals surface area contributed by atoms with E-state index in [0.717, 1.165) is 6.42 Å². The third-order valence-electron chi connectivity index (χ3n) is 3.40. The first-order chi connectivity index (χ1) is 10.6. The van der Waals surface area contributed by atoms with E-state index in [1.54, 1.807) is 39.8 Å². The monoisotopic (exact) mass is 318 g/mol. The standard InChI is InChI=1S/C19H26O4/c1-7-15-8-10-16(11-9-15)18(21)22-14(4)12-19(5,6)23-17(20)13(2)3/h8-11,14H,2,7,12H2,1,3-6H3. The minimum absolute atomic E-state index is 0.346. The Labute approximate surface area is 138 Å². The molecule has 0 fully saturated rings. The molecule has 0 bridgehead atoms. The van der Waals surface area contributed by atoms with E-state index in [1.807, 2.05) is 12.1 Å². The first kappa shape index (κ1) is 18.9. The van der Waals surface area contributed by atoms with E-state index in [1.165, 1.54) is 5.56 Å². The molecule has 0 aliphatic heterocycles. The van der Waals surface area contributed by atoms with Crippen LogP contribution in [0.5, 0.6) is 0 Å². The van der Waals surface area contributed by atoms with Gasteiger partial charge in [0, 0.05) is 12.0 Å².